The minimum Gasteiger partial charge on any atom is -0.497 e. The van der Waals surface area contributed by atoms with Gasteiger partial charge in [-0.25, -0.2) is 0 Å². The monoisotopic (exact) mass is 371 g/mol. The highest BCUT2D eigenvalue weighted by molar-refractivity contribution is 5.83. The Balaban J connectivity index is 1.67. The first-order valence-electron chi connectivity index (χ1n) is 8.77. The number of nitrogens with one attached hydrogen (secondary N) is 1. The Morgan fingerprint density at radius 3 is 2.26 bits per heavy atom. The van der Waals surface area contributed by atoms with Crippen LogP contribution in [0.5, 0.6) is 11.5 Å². The van der Waals surface area contributed by atoms with Crippen molar-refractivity contribution in [1.29, 1.82) is 0 Å². The molecule has 0 aromatic heterocycles. The molecular weight excluding hydrogens is 346 g/mol. The molecule has 0 spiro atoms. The van der Waals surface area contributed by atoms with Gasteiger partial charge in [0, 0.05) is 6.54 Å². The molecule has 0 bridgehead atoms. The van der Waals surface area contributed by atoms with E-state index >= 15 is 0 Å². The zero-order chi connectivity index (χ0) is 19.6. The van der Waals surface area contributed by atoms with E-state index in [-0.39, 0.29) is 18.9 Å². The Hall–Kier alpha value is -3.02. The normalized spacial score (nSPS) is 11.4. The molecular formula is C21H25NO5. The predicted molar refractivity (Wildman–Crippen MR) is 102 cm³/mol. The third kappa shape index (κ3) is 7.01. The lowest BCUT2D eigenvalue weighted by atomic mass is 10.2. The van der Waals surface area contributed by atoms with Gasteiger partial charge in [-0.1, -0.05) is 29.8 Å². The Morgan fingerprint density at radius 1 is 1.00 bits per heavy atom. The zero-order valence-electron chi connectivity index (χ0n) is 15.9. The predicted octanol–water partition coefficient (Wildman–Crippen LogP) is 3.02. The van der Waals surface area contributed by atoms with Gasteiger partial charge >= 0.3 is 5.97 Å². The maximum Gasteiger partial charge on any atom is 0.310 e. The summed E-state index contributed by atoms with van der Waals surface area (Å²) in [4.78, 5) is 23.9. The molecule has 0 heterocycles. The topological polar surface area (TPSA) is 73.9 Å². The van der Waals surface area contributed by atoms with Crippen LogP contribution in [-0.2, 0) is 20.9 Å². The molecule has 0 aliphatic heterocycles. The third-order valence-corrected chi connectivity index (χ3v) is 3.90. The molecule has 0 unspecified atom stereocenters. The van der Waals surface area contributed by atoms with Crippen molar-refractivity contribution in [3.63, 3.8) is 0 Å². The number of ether oxygens (including phenoxy) is 3. The van der Waals surface area contributed by atoms with Crippen molar-refractivity contribution in [2.75, 3.05) is 13.7 Å². The van der Waals surface area contributed by atoms with Crippen molar-refractivity contribution in [1.82, 2.24) is 5.32 Å². The molecule has 2 rings (SSSR count). The SMILES string of the molecule is COc1ccc(CNC(=O)[C@@H](C)OC(=O)CCOc2ccc(C)cc2)cc1. The van der Waals surface area contributed by atoms with E-state index in [0.717, 1.165) is 16.9 Å². The largest absolute Gasteiger partial charge is 0.497 e. The second-order valence-corrected chi connectivity index (χ2v) is 6.11. The minimum atomic E-state index is -0.866. The van der Waals surface area contributed by atoms with Crippen molar-refractivity contribution in [3.05, 3.63) is 59.7 Å². The van der Waals surface area contributed by atoms with Crippen LogP contribution < -0.4 is 14.8 Å². The van der Waals surface area contributed by atoms with Crippen LogP contribution in [0.2, 0.25) is 0 Å². The first-order valence-corrected chi connectivity index (χ1v) is 8.77. The van der Waals surface area contributed by atoms with E-state index in [1.807, 2.05) is 55.5 Å². The number of carbonyl (C=O) groups excluding carboxylic acids is 2. The second kappa shape index (κ2) is 10.2. The molecule has 0 aliphatic carbocycles. The van der Waals surface area contributed by atoms with Crippen LogP contribution in [-0.4, -0.2) is 31.7 Å². The van der Waals surface area contributed by atoms with Gasteiger partial charge in [-0.05, 0) is 43.7 Å². The fourth-order valence-corrected chi connectivity index (χ4v) is 2.27. The van der Waals surface area contributed by atoms with Crippen molar-refractivity contribution in [3.8, 4) is 11.5 Å². The molecule has 1 N–H and O–H groups in total. The number of esters is 1. The Kier molecular flexibility index (Phi) is 7.67. The lowest BCUT2D eigenvalue weighted by molar-refractivity contribution is -0.155. The van der Waals surface area contributed by atoms with Gasteiger partial charge in [0.15, 0.2) is 6.10 Å². The molecule has 0 radical (unpaired) electrons. The molecule has 6 nitrogen and oxygen atoms in total. The summed E-state index contributed by atoms with van der Waals surface area (Å²) in [5, 5.41) is 2.74. The summed E-state index contributed by atoms with van der Waals surface area (Å²) in [6, 6.07) is 14.9. The van der Waals surface area contributed by atoms with Gasteiger partial charge in [-0.15, -0.1) is 0 Å². The van der Waals surface area contributed by atoms with Crippen molar-refractivity contribution < 1.29 is 23.8 Å². The van der Waals surface area contributed by atoms with Gasteiger partial charge in [0.25, 0.3) is 5.91 Å². The summed E-state index contributed by atoms with van der Waals surface area (Å²) in [5.74, 6) is 0.617. The van der Waals surface area contributed by atoms with Crippen LogP contribution in [0.4, 0.5) is 0 Å². The fraction of sp³-hybridized carbons (Fsp3) is 0.333. The lowest BCUT2D eigenvalue weighted by Gasteiger charge is -2.14. The maximum absolute atomic E-state index is 12.1. The summed E-state index contributed by atoms with van der Waals surface area (Å²) in [7, 11) is 1.60. The number of amides is 1. The molecule has 1 atom stereocenters. The zero-order valence-corrected chi connectivity index (χ0v) is 15.9. The molecule has 0 saturated carbocycles. The van der Waals surface area contributed by atoms with Crippen molar-refractivity contribution >= 4 is 11.9 Å². The van der Waals surface area contributed by atoms with E-state index in [1.165, 1.54) is 0 Å². The van der Waals surface area contributed by atoms with Crippen LogP contribution >= 0.6 is 0 Å². The molecule has 6 heteroatoms. The molecule has 0 aliphatic rings. The van der Waals surface area contributed by atoms with E-state index in [2.05, 4.69) is 5.32 Å². The fourth-order valence-electron chi connectivity index (χ4n) is 2.27. The van der Waals surface area contributed by atoms with E-state index in [1.54, 1.807) is 14.0 Å². The van der Waals surface area contributed by atoms with E-state index in [0.29, 0.717) is 12.3 Å². The molecule has 2 aromatic rings. The van der Waals surface area contributed by atoms with Crippen LogP contribution in [0, 0.1) is 6.92 Å². The van der Waals surface area contributed by atoms with Crippen LogP contribution in [0.25, 0.3) is 0 Å². The van der Waals surface area contributed by atoms with E-state index in [4.69, 9.17) is 14.2 Å². The van der Waals surface area contributed by atoms with Crippen LogP contribution in [0.1, 0.15) is 24.5 Å². The smallest absolute Gasteiger partial charge is 0.310 e. The highest BCUT2D eigenvalue weighted by atomic mass is 16.5. The average Bonchev–Trinajstić information content (AvgIpc) is 2.68. The lowest BCUT2D eigenvalue weighted by Crippen LogP contribution is -2.35. The van der Waals surface area contributed by atoms with Crippen LogP contribution in [0.3, 0.4) is 0 Å². The quantitative estimate of drug-likeness (QED) is 0.686. The molecule has 0 fully saturated rings. The van der Waals surface area contributed by atoms with Gasteiger partial charge in [-0.3, -0.25) is 9.59 Å². The highest BCUT2D eigenvalue weighted by Crippen LogP contribution is 2.12. The first-order chi connectivity index (χ1) is 13.0. The minimum absolute atomic E-state index is 0.0734. The number of methoxy groups -OCH3 is 1. The van der Waals surface area contributed by atoms with Gasteiger partial charge in [0.2, 0.25) is 0 Å². The van der Waals surface area contributed by atoms with Crippen LogP contribution in [0.15, 0.2) is 48.5 Å². The van der Waals surface area contributed by atoms with E-state index in [9.17, 15) is 9.59 Å². The molecule has 0 saturated heterocycles. The maximum atomic E-state index is 12.1. The third-order valence-electron chi connectivity index (χ3n) is 3.90. The summed E-state index contributed by atoms with van der Waals surface area (Å²) in [6.45, 7) is 4.08. The van der Waals surface area contributed by atoms with Crippen molar-refractivity contribution in [2.45, 2.75) is 32.9 Å². The number of benzene rings is 2. The molecule has 144 valence electrons. The Bertz CT molecular complexity index is 740. The number of aryl methyl sites for hydroxylation is 1. The summed E-state index contributed by atoms with van der Waals surface area (Å²) in [5.41, 5.74) is 2.06. The average molecular weight is 371 g/mol. The van der Waals surface area contributed by atoms with Gasteiger partial charge in [0.1, 0.15) is 11.5 Å². The molecule has 27 heavy (non-hydrogen) atoms. The van der Waals surface area contributed by atoms with Crippen molar-refractivity contribution in [2.24, 2.45) is 0 Å². The highest BCUT2D eigenvalue weighted by Gasteiger charge is 2.17. The molecule has 1 amide bonds. The first kappa shape index (κ1) is 20.3. The van der Waals surface area contributed by atoms with E-state index < -0.39 is 12.1 Å². The standard InChI is InChI=1S/C21H25NO5/c1-15-4-8-19(9-5-15)26-13-12-20(23)27-16(2)21(24)22-14-17-6-10-18(25-3)11-7-17/h4-11,16H,12-14H2,1-3H3,(H,22,24)/t16-/m1/s1. The Morgan fingerprint density at radius 2 is 1.63 bits per heavy atom. The summed E-state index contributed by atoms with van der Waals surface area (Å²) in [6.07, 6.45) is -0.792. The summed E-state index contributed by atoms with van der Waals surface area (Å²) >= 11 is 0. The summed E-state index contributed by atoms with van der Waals surface area (Å²) < 4.78 is 15.7. The number of rotatable bonds is 9. The number of hydrogen-bond donors (Lipinski definition) is 1. The second-order valence-electron chi connectivity index (χ2n) is 6.11. The molecule has 2 aromatic carbocycles. The number of carbonyl (C=O) groups is 2. The van der Waals surface area contributed by atoms with Gasteiger partial charge < -0.3 is 19.5 Å². The Labute approximate surface area is 159 Å². The van der Waals surface area contributed by atoms with Gasteiger partial charge in [-0.2, -0.15) is 0 Å². The van der Waals surface area contributed by atoms with Gasteiger partial charge in [0.05, 0.1) is 20.1 Å². The number of hydrogen-bond acceptors (Lipinski definition) is 5.